The highest BCUT2D eigenvalue weighted by Gasteiger charge is 2.48. The summed E-state index contributed by atoms with van der Waals surface area (Å²) in [4.78, 5) is 22.5. The Morgan fingerprint density at radius 1 is 1.00 bits per heavy atom. The van der Waals surface area contributed by atoms with E-state index >= 15 is 0 Å². The molecule has 4 atom stereocenters. The molecule has 0 radical (unpaired) electrons. The van der Waals surface area contributed by atoms with Crippen LogP contribution < -0.4 is 5.32 Å². The van der Waals surface area contributed by atoms with E-state index < -0.39 is 11.9 Å². The molecule has 2 N–H and O–H groups in total. The monoisotopic (exact) mass is 239 g/mol. The largest absolute Gasteiger partial charge is 0.481 e. The number of carbonyl (C=O) groups excluding carboxylic acids is 1. The topological polar surface area (TPSA) is 66.4 Å². The number of nitrogens with one attached hydrogen (secondary N) is 1. The van der Waals surface area contributed by atoms with Gasteiger partial charge in [0, 0.05) is 6.04 Å². The molecule has 2 rings (SSSR count). The van der Waals surface area contributed by atoms with E-state index in [2.05, 4.69) is 19.2 Å². The number of rotatable bonds is 3. The molecule has 4 unspecified atom stereocenters. The van der Waals surface area contributed by atoms with E-state index in [0.29, 0.717) is 18.3 Å². The van der Waals surface area contributed by atoms with E-state index in [-0.39, 0.29) is 17.9 Å². The van der Waals surface area contributed by atoms with Gasteiger partial charge in [-0.3, -0.25) is 9.59 Å². The Morgan fingerprint density at radius 3 is 2.06 bits per heavy atom. The van der Waals surface area contributed by atoms with Crippen molar-refractivity contribution in [1.29, 1.82) is 0 Å². The van der Waals surface area contributed by atoms with Gasteiger partial charge in [-0.05, 0) is 37.5 Å². The fourth-order valence-corrected chi connectivity index (χ4v) is 3.13. The Labute approximate surface area is 102 Å². The lowest BCUT2D eigenvalue weighted by Crippen LogP contribution is -2.41. The predicted octanol–water partition coefficient (Wildman–Crippen LogP) is 1.65. The minimum absolute atomic E-state index is 0.0521. The summed E-state index contributed by atoms with van der Waals surface area (Å²) in [5.41, 5.74) is 0. The fourth-order valence-electron chi connectivity index (χ4n) is 3.13. The molecule has 1 amide bonds. The van der Waals surface area contributed by atoms with Crippen molar-refractivity contribution in [2.45, 2.75) is 45.6 Å². The molecule has 2 fully saturated rings. The van der Waals surface area contributed by atoms with Crippen molar-refractivity contribution in [3.63, 3.8) is 0 Å². The Kier molecular flexibility index (Phi) is 3.40. The normalized spacial score (nSPS) is 40.7. The van der Waals surface area contributed by atoms with E-state index in [9.17, 15) is 9.59 Å². The van der Waals surface area contributed by atoms with Crippen molar-refractivity contribution >= 4 is 11.9 Å². The second-order valence-electron chi connectivity index (χ2n) is 5.91. The second kappa shape index (κ2) is 4.67. The van der Waals surface area contributed by atoms with Crippen molar-refractivity contribution in [3.8, 4) is 0 Å². The van der Waals surface area contributed by atoms with Crippen molar-refractivity contribution in [3.05, 3.63) is 0 Å². The maximum absolute atomic E-state index is 11.8. The summed E-state index contributed by atoms with van der Waals surface area (Å²) in [7, 11) is 0. The predicted molar refractivity (Wildman–Crippen MR) is 63.3 cm³/mol. The third-order valence-electron chi connectivity index (χ3n) is 3.97. The van der Waals surface area contributed by atoms with E-state index in [1.165, 1.54) is 6.42 Å². The molecular weight excluding hydrogens is 218 g/mol. The lowest BCUT2D eigenvalue weighted by atomic mass is 9.80. The number of hydrogen-bond donors (Lipinski definition) is 2. The quantitative estimate of drug-likeness (QED) is 0.787. The molecule has 0 aromatic carbocycles. The standard InChI is InChI=1S/C13H21NO3/c1-7-3-8(2)5-9(4-7)14-12(15)10-6-11(10)13(16)17/h7-11H,3-6H2,1-2H3,(H,14,15)(H,16,17). The van der Waals surface area contributed by atoms with Gasteiger partial charge in [0.1, 0.15) is 0 Å². The van der Waals surface area contributed by atoms with Crippen molar-refractivity contribution in [2.24, 2.45) is 23.7 Å². The smallest absolute Gasteiger partial charge is 0.307 e. The molecule has 0 bridgehead atoms. The molecule has 4 nitrogen and oxygen atoms in total. The van der Waals surface area contributed by atoms with Crippen molar-refractivity contribution < 1.29 is 14.7 Å². The summed E-state index contributed by atoms with van der Waals surface area (Å²) >= 11 is 0. The lowest BCUT2D eigenvalue weighted by molar-refractivity contribution is -0.140. The van der Waals surface area contributed by atoms with Crippen LogP contribution in [0.5, 0.6) is 0 Å². The molecule has 0 heterocycles. The van der Waals surface area contributed by atoms with Crippen LogP contribution in [-0.4, -0.2) is 23.0 Å². The van der Waals surface area contributed by atoms with Gasteiger partial charge in [0.15, 0.2) is 0 Å². The summed E-state index contributed by atoms with van der Waals surface area (Å²) < 4.78 is 0. The van der Waals surface area contributed by atoms with Crippen LogP contribution in [0.2, 0.25) is 0 Å². The summed E-state index contributed by atoms with van der Waals surface area (Å²) in [6.45, 7) is 4.43. The summed E-state index contributed by atoms with van der Waals surface area (Å²) in [6.07, 6.45) is 3.80. The number of hydrogen-bond acceptors (Lipinski definition) is 2. The van der Waals surface area contributed by atoms with Gasteiger partial charge in [0.25, 0.3) is 0 Å². The van der Waals surface area contributed by atoms with Crippen LogP contribution in [0.15, 0.2) is 0 Å². The van der Waals surface area contributed by atoms with E-state index in [4.69, 9.17) is 5.11 Å². The van der Waals surface area contributed by atoms with Gasteiger partial charge < -0.3 is 10.4 Å². The van der Waals surface area contributed by atoms with Crippen LogP contribution in [0.4, 0.5) is 0 Å². The first-order chi connectivity index (χ1) is 7.97. The Hall–Kier alpha value is -1.06. The van der Waals surface area contributed by atoms with Gasteiger partial charge in [0.2, 0.25) is 5.91 Å². The SMILES string of the molecule is CC1CC(C)CC(NC(=O)C2CC2C(=O)O)C1. The highest BCUT2D eigenvalue weighted by atomic mass is 16.4. The van der Waals surface area contributed by atoms with Gasteiger partial charge in [-0.25, -0.2) is 0 Å². The van der Waals surface area contributed by atoms with E-state index in [0.717, 1.165) is 12.8 Å². The zero-order valence-electron chi connectivity index (χ0n) is 10.5. The Morgan fingerprint density at radius 2 is 1.59 bits per heavy atom. The van der Waals surface area contributed by atoms with E-state index in [1.54, 1.807) is 0 Å². The van der Waals surface area contributed by atoms with Crippen LogP contribution in [0.25, 0.3) is 0 Å². The number of carboxylic acid groups (broad SMARTS) is 1. The summed E-state index contributed by atoms with van der Waals surface area (Å²) in [5, 5.41) is 11.8. The van der Waals surface area contributed by atoms with Gasteiger partial charge >= 0.3 is 5.97 Å². The van der Waals surface area contributed by atoms with Crippen LogP contribution in [0.1, 0.15) is 39.5 Å². The molecule has 17 heavy (non-hydrogen) atoms. The molecule has 2 saturated carbocycles. The van der Waals surface area contributed by atoms with Crippen molar-refractivity contribution in [1.82, 2.24) is 5.32 Å². The molecule has 96 valence electrons. The van der Waals surface area contributed by atoms with Crippen LogP contribution in [0, 0.1) is 23.7 Å². The maximum Gasteiger partial charge on any atom is 0.307 e. The molecule has 0 aliphatic heterocycles. The third-order valence-corrected chi connectivity index (χ3v) is 3.97. The Balaban J connectivity index is 1.81. The molecule has 0 aromatic heterocycles. The fraction of sp³-hybridized carbons (Fsp3) is 0.846. The number of carbonyl (C=O) groups is 2. The van der Waals surface area contributed by atoms with Gasteiger partial charge in [0.05, 0.1) is 11.8 Å². The van der Waals surface area contributed by atoms with Crippen LogP contribution in [-0.2, 0) is 9.59 Å². The van der Waals surface area contributed by atoms with Crippen LogP contribution in [0.3, 0.4) is 0 Å². The lowest BCUT2D eigenvalue weighted by Gasteiger charge is -2.32. The minimum atomic E-state index is -0.837. The Bertz CT molecular complexity index is 319. The summed E-state index contributed by atoms with van der Waals surface area (Å²) in [6, 6.07) is 0.247. The third kappa shape index (κ3) is 2.99. The first kappa shape index (κ1) is 12.4. The highest BCUT2D eigenvalue weighted by molar-refractivity contribution is 5.89. The van der Waals surface area contributed by atoms with E-state index in [1.807, 2.05) is 0 Å². The molecule has 0 spiro atoms. The molecule has 4 heteroatoms. The second-order valence-corrected chi connectivity index (χ2v) is 5.91. The molecule has 0 saturated heterocycles. The molecule has 2 aliphatic rings. The molecule has 0 aromatic rings. The van der Waals surface area contributed by atoms with Gasteiger partial charge in [-0.15, -0.1) is 0 Å². The minimum Gasteiger partial charge on any atom is -0.481 e. The van der Waals surface area contributed by atoms with Gasteiger partial charge in [-0.2, -0.15) is 0 Å². The average molecular weight is 239 g/mol. The van der Waals surface area contributed by atoms with Crippen molar-refractivity contribution in [2.75, 3.05) is 0 Å². The zero-order chi connectivity index (χ0) is 12.6. The number of amides is 1. The number of aliphatic carboxylic acids is 1. The first-order valence-electron chi connectivity index (χ1n) is 6.50. The number of carboxylic acids is 1. The molecular formula is C13H21NO3. The first-order valence-corrected chi connectivity index (χ1v) is 6.50. The average Bonchev–Trinajstić information content (AvgIpc) is 2.94. The maximum atomic E-state index is 11.8. The van der Waals surface area contributed by atoms with Crippen LogP contribution >= 0.6 is 0 Å². The highest BCUT2D eigenvalue weighted by Crippen LogP contribution is 2.39. The summed E-state index contributed by atoms with van der Waals surface area (Å²) in [5.74, 6) is -0.301. The molecule has 2 aliphatic carbocycles. The zero-order valence-corrected chi connectivity index (χ0v) is 10.5. The van der Waals surface area contributed by atoms with Gasteiger partial charge in [-0.1, -0.05) is 13.8 Å².